The molecule has 2 rings (SSSR count). The van der Waals surface area contributed by atoms with Crippen LogP contribution in [0.2, 0.25) is 0 Å². The molecule has 1 nitrogen and oxygen atoms in total. The third-order valence-corrected chi connectivity index (χ3v) is 4.06. The molecule has 0 amide bonds. The lowest BCUT2D eigenvalue weighted by atomic mass is 9.87. The summed E-state index contributed by atoms with van der Waals surface area (Å²) in [5, 5.41) is 8.89. The van der Waals surface area contributed by atoms with Gasteiger partial charge in [0.05, 0.1) is 6.61 Å². The Morgan fingerprint density at radius 1 is 1.21 bits per heavy atom. The number of benzene rings is 1. The van der Waals surface area contributed by atoms with Crippen molar-refractivity contribution >= 4 is 11.8 Å². The van der Waals surface area contributed by atoms with Crippen molar-refractivity contribution < 1.29 is 5.11 Å². The molecule has 0 radical (unpaired) electrons. The molecule has 0 heterocycles. The first-order valence-corrected chi connectivity index (χ1v) is 6.19. The molecule has 1 aromatic carbocycles. The highest BCUT2D eigenvalue weighted by Crippen LogP contribution is 2.32. The highest BCUT2D eigenvalue weighted by atomic mass is 32.2. The number of aliphatic hydroxyl groups excluding tert-OH is 1. The Labute approximate surface area is 89.5 Å². The van der Waals surface area contributed by atoms with Crippen LogP contribution in [0, 0.1) is 5.92 Å². The Morgan fingerprint density at radius 2 is 1.93 bits per heavy atom. The molecule has 0 atom stereocenters. The second-order valence-corrected chi connectivity index (χ2v) is 5.00. The van der Waals surface area contributed by atoms with Crippen LogP contribution in [-0.2, 0) is 6.61 Å². The van der Waals surface area contributed by atoms with E-state index in [1.807, 2.05) is 23.9 Å². The normalized spacial score (nSPS) is 16.6. The summed E-state index contributed by atoms with van der Waals surface area (Å²) in [6.45, 7) is 0.146. The van der Waals surface area contributed by atoms with E-state index in [4.69, 9.17) is 5.11 Å². The van der Waals surface area contributed by atoms with Crippen molar-refractivity contribution in [1.82, 2.24) is 0 Å². The Kier molecular flexibility index (Phi) is 3.49. The molecule has 1 aliphatic rings. The zero-order chi connectivity index (χ0) is 9.80. The van der Waals surface area contributed by atoms with E-state index in [1.54, 1.807) is 0 Å². The molecule has 14 heavy (non-hydrogen) atoms. The summed E-state index contributed by atoms with van der Waals surface area (Å²) >= 11 is 1.94. The van der Waals surface area contributed by atoms with Gasteiger partial charge in [-0.2, -0.15) is 0 Å². The van der Waals surface area contributed by atoms with E-state index in [0.29, 0.717) is 0 Å². The molecule has 0 aliphatic heterocycles. The molecule has 0 spiro atoms. The van der Waals surface area contributed by atoms with Gasteiger partial charge in [0.1, 0.15) is 0 Å². The van der Waals surface area contributed by atoms with Crippen LogP contribution in [0.1, 0.15) is 24.8 Å². The Bertz CT molecular complexity index is 277. The minimum atomic E-state index is 0.146. The van der Waals surface area contributed by atoms with Crippen LogP contribution in [0.4, 0.5) is 0 Å². The molecule has 1 aromatic rings. The zero-order valence-electron chi connectivity index (χ0n) is 8.28. The van der Waals surface area contributed by atoms with Gasteiger partial charge in [0, 0.05) is 10.6 Å². The van der Waals surface area contributed by atoms with Gasteiger partial charge in [-0.15, -0.1) is 11.8 Å². The first-order valence-electron chi connectivity index (χ1n) is 5.21. The summed E-state index contributed by atoms with van der Waals surface area (Å²) < 4.78 is 0. The fourth-order valence-electron chi connectivity index (χ4n) is 1.56. The quantitative estimate of drug-likeness (QED) is 0.767. The summed E-state index contributed by atoms with van der Waals surface area (Å²) in [6, 6.07) is 8.22. The molecule has 0 aromatic heterocycles. The average molecular weight is 208 g/mol. The lowest BCUT2D eigenvalue weighted by Crippen LogP contribution is -2.12. The molecule has 1 saturated carbocycles. The summed E-state index contributed by atoms with van der Waals surface area (Å²) in [5.41, 5.74) is 0.998. The van der Waals surface area contributed by atoms with Crippen LogP contribution < -0.4 is 0 Å². The summed E-state index contributed by atoms with van der Waals surface area (Å²) in [4.78, 5) is 1.33. The van der Waals surface area contributed by atoms with E-state index >= 15 is 0 Å². The SMILES string of the molecule is OCc1ccc(SCC2CCC2)cc1. The van der Waals surface area contributed by atoms with Crippen LogP contribution in [0.5, 0.6) is 0 Å². The highest BCUT2D eigenvalue weighted by Gasteiger charge is 2.16. The topological polar surface area (TPSA) is 20.2 Å². The molecular formula is C12H16OS. The van der Waals surface area contributed by atoms with E-state index in [2.05, 4.69) is 12.1 Å². The number of thioether (sulfide) groups is 1. The Morgan fingerprint density at radius 3 is 2.43 bits per heavy atom. The van der Waals surface area contributed by atoms with Gasteiger partial charge in [0.25, 0.3) is 0 Å². The van der Waals surface area contributed by atoms with Gasteiger partial charge in [-0.05, 0) is 36.5 Å². The fourth-order valence-corrected chi connectivity index (χ4v) is 2.65. The van der Waals surface area contributed by atoms with Crippen molar-refractivity contribution in [2.75, 3.05) is 5.75 Å². The first kappa shape index (κ1) is 10.1. The van der Waals surface area contributed by atoms with Gasteiger partial charge >= 0.3 is 0 Å². The van der Waals surface area contributed by atoms with Gasteiger partial charge in [0.15, 0.2) is 0 Å². The number of hydrogen-bond donors (Lipinski definition) is 1. The minimum absolute atomic E-state index is 0.146. The molecule has 0 saturated heterocycles. The number of rotatable bonds is 4. The first-order chi connectivity index (χ1) is 6.88. The largest absolute Gasteiger partial charge is 0.392 e. The van der Waals surface area contributed by atoms with Crippen molar-refractivity contribution in [2.24, 2.45) is 5.92 Å². The zero-order valence-corrected chi connectivity index (χ0v) is 9.09. The molecule has 0 bridgehead atoms. The average Bonchev–Trinajstić information content (AvgIpc) is 2.16. The second-order valence-electron chi connectivity index (χ2n) is 3.91. The van der Waals surface area contributed by atoms with Crippen molar-refractivity contribution in [1.29, 1.82) is 0 Å². The van der Waals surface area contributed by atoms with Crippen molar-refractivity contribution in [3.05, 3.63) is 29.8 Å². The van der Waals surface area contributed by atoms with Crippen LogP contribution in [0.15, 0.2) is 29.2 Å². The van der Waals surface area contributed by atoms with E-state index in [1.165, 1.54) is 29.9 Å². The van der Waals surface area contributed by atoms with Crippen LogP contribution in [0.3, 0.4) is 0 Å². The minimum Gasteiger partial charge on any atom is -0.392 e. The summed E-state index contributed by atoms with van der Waals surface area (Å²) in [7, 11) is 0. The third kappa shape index (κ3) is 2.52. The van der Waals surface area contributed by atoms with E-state index in [-0.39, 0.29) is 6.61 Å². The van der Waals surface area contributed by atoms with Gasteiger partial charge in [-0.1, -0.05) is 18.6 Å². The molecular weight excluding hydrogens is 192 g/mol. The molecule has 76 valence electrons. The predicted octanol–water partition coefficient (Wildman–Crippen LogP) is 3.07. The lowest BCUT2D eigenvalue weighted by Gasteiger charge is -2.24. The van der Waals surface area contributed by atoms with Crippen molar-refractivity contribution in [3.63, 3.8) is 0 Å². The van der Waals surface area contributed by atoms with Crippen LogP contribution in [0.25, 0.3) is 0 Å². The fraction of sp³-hybridized carbons (Fsp3) is 0.500. The summed E-state index contributed by atoms with van der Waals surface area (Å²) in [5.74, 6) is 2.22. The van der Waals surface area contributed by atoms with Crippen molar-refractivity contribution in [3.8, 4) is 0 Å². The molecule has 1 aliphatic carbocycles. The predicted molar refractivity (Wildman–Crippen MR) is 60.4 cm³/mol. The van der Waals surface area contributed by atoms with Gasteiger partial charge in [-0.25, -0.2) is 0 Å². The van der Waals surface area contributed by atoms with Crippen molar-refractivity contribution in [2.45, 2.75) is 30.8 Å². The molecule has 2 heteroatoms. The smallest absolute Gasteiger partial charge is 0.0681 e. The van der Waals surface area contributed by atoms with E-state index in [0.717, 1.165) is 11.5 Å². The third-order valence-electron chi connectivity index (χ3n) is 2.82. The maximum Gasteiger partial charge on any atom is 0.0681 e. The second kappa shape index (κ2) is 4.85. The standard InChI is InChI=1S/C12H16OS/c13-8-10-4-6-12(7-5-10)14-9-11-2-1-3-11/h4-7,11,13H,1-3,8-9H2. The lowest BCUT2D eigenvalue weighted by molar-refractivity contribution is 0.282. The van der Waals surface area contributed by atoms with Crippen LogP contribution >= 0.6 is 11.8 Å². The Balaban J connectivity index is 1.83. The summed E-state index contributed by atoms with van der Waals surface area (Å²) in [6.07, 6.45) is 4.26. The molecule has 1 fully saturated rings. The van der Waals surface area contributed by atoms with E-state index < -0.39 is 0 Å². The van der Waals surface area contributed by atoms with Gasteiger partial charge < -0.3 is 5.11 Å². The van der Waals surface area contributed by atoms with Gasteiger partial charge in [-0.3, -0.25) is 0 Å². The Hall–Kier alpha value is -0.470. The molecule has 1 N–H and O–H groups in total. The van der Waals surface area contributed by atoms with Gasteiger partial charge in [0.2, 0.25) is 0 Å². The molecule has 0 unspecified atom stereocenters. The maximum absolute atomic E-state index is 8.89. The monoisotopic (exact) mass is 208 g/mol. The number of aliphatic hydroxyl groups is 1. The maximum atomic E-state index is 8.89. The van der Waals surface area contributed by atoms with Crippen LogP contribution in [-0.4, -0.2) is 10.9 Å². The number of hydrogen-bond acceptors (Lipinski definition) is 2. The van der Waals surface area contributed by atoms with E-state index in [9.17, 15) is 0 Å². The highest BCUT2D eigenvalue weighted by molar-refractivity contribution is 7.99.